The van der Waals surface area contributed by atoms with Crippen molar-refractivity contribution in [3.8, 4) is 0 Å². The molecule has 21 heavy (non-hydrogen) atoms. The number of urea groups is 1. The predicted octanol–water partition coefficient (Wildman–Crippen LogP) is 4.64. The number of nitrogens with one attached hydrogen (secondary N) is 2. The first-order valence-electron chi connectivity index (χ1n) is 6.72. The standard InChI is InChI=1S/C16H17ClN2OS/c17-13-7-9-14(10-8-13)19-16(20)18-11-4-12-21-15-5-2-1-3-6-15/h1-3,5-10H,4,11-12H2,(H2,18,19,20). The number of halogens is 1. The Hall–Kier alpha value is -1.65. The van der Waals surface area contributed by atoms with E-state index in [0.717, 1.165) is 17.9 Å². The molecular weight excluding hydrogens is 304 g/mol. The third-order valence-electron chi connectivity index (χ3n) is 2.72. The molecule has 0 radical (unpaired) electrons. The second-order valence-electron chi connectivity index (χ2n) is 4.40. The Morgan fingerprint density at radius 1 is 1.05 bits per heavy atom. The minimum atomic E-state index is -0.193. The van der Waals surface area contributed by atoms with Gasteiger partial charge in [-0.3, -0.25) is 0 Å². The van der Waals surface area contributed by atoms with Crippen molar-refractivity contribution >= 4 is 35.1 Å². The van der Waals surface area contributed by atoms with Crippen LogP contribution in [-0.4, -0.2) is 18.3 Å². The van der Waals surface area contributed by atoms with Crippen LogP contribution < -0.4 is 10.6 Å². The number of anilines is 1. The molecule has 2 aromatic rings. The number of carbonyl (C=O) groups is 1. The van der Waals surface area contributed by atoms with Gasteiger partial charge < -0.3 is 10.6 Å². The van der Waals surface area contributed by atoms with Crippen molar-refractivity contribution in [3.05, 3.63) is 59.6 Å². The predicted molar refractivity (Wildman–Crippen MR) is 90.3 cm³/mol. The molecule has 0 spiro atoms. The van der Waals surface area contributed by atoms with Crippen LogP contribution in [0, 0.1) is 0 Å². The molecule has 2 rings (SSSR count). The van der Waals surface area contributed by atoms with E-state index in [1.54, 1.807) is 36.0 Å². The summed E-state index contributed by atoms with van der Waals surface area (Å²) < 4.78 is 0. The fourth-order valence-corrected chi connectivity index (χ4v) is 2.69. The molecule has 3 nitrogen and oxygen atoms in total. The Kier molecular flexibility index (Phi) is 6.44. The average molecular weight is 321 g/mol. The Morgan fingerprint density at radius 3 is 2.48 bits per heavy atom. The van der Waals surface area contributed by atoms with Crippen LogP contribution >= 0.6 is 23.4 Å². The highest BCUT2D eigenvalue weighted by atomic mass is 35.5. The van der Waals surface area contributed by atoms with Gasteiger partial charge in [0.25, 0.3) is 0 Å². The zero-order valence-electron chi connectivity index (χ0n) is 11.5. The van der Waals surface area contributed by atoms with Crippen LogP contribution in [0.2, 0.25) is 5.02 Å². The molecule has 0 bridgehead atoms. The number of hydrogen-bond donors (Lipinski definition) is 2. The summed E-state index contributed by atoms with van der Waals surface area (Å²) in [6, 6.07) is 17.1. The minimum Gasteiger partial charge on any atom is -0.338 e. The van der Waals surface area contributed by atoms with Crippen LogP contribution in [-0.2, 0) is 0 Å². The van der Waals surface area contributed by atoms with Gasteiger partial charge in [0.2, 0.25) is 0 Å². The first kappa shape index (κ1) is 15.7. The molecule has 2 aromatic carbocycles. The monoisotopic (exact) mass is 320 g/mol. The summed E-state index contributed by atoms with van der Waals surface area (Å²) in [7, 11) is 0. The summed E-state index contributed by atoms with van der Waals surface area (Å²) >= 11 is 7.58. The van der Waals surface area contributed by atoms with Crippen molar-refractivity contribution in [2.75, 3.05) is 17.6 Å². The van der Waals surface area contributed by atoms with Crippen molar-refractivity contribution in [1.29, 1.82) is 0 Å². The molecule has 0 aromatic heterocycles. The lowest BCUT2D eigenvalue weighted by Gasteiger charge is -2.07. The van der Waals surface area contributed by atoms with Gasteiger partial charge in [-0.15, -0.1) is 11.8 Å². The van der Waals surface area contributed by atoms with Gasteiger partial charge in [0.05, 0.1) is 0 Å². The number of hydrogen-bond acceptors (Lipinski definition) is 2. The maximum absolute atomic E-state index is 11.7. The molecule has 0 heterocycles. The molecule has 0 atom stereocenters. The van der Waals surface area contributed by atoms with E-state index >= 15 is 0 Å². The molecule has 0 aliphatic rings. The normalized spacial score (nSPS) is 10.1. The van der Waals surface area contributed by atoms with Crippen LogP contribution in [0.1, 0.15) is 6.42 Å². The first-order chi connectivity index (χ1) is 10.2. The van der Waals surface area contributed by atoms with Crippen molar-refractivity contribution in [2.45, 2.75) is 11.3 Å². The second kappa shape index (κ2) is 8.60. The molecule has 0 aliphatic heterocycles. The zero-order valence-corrected chi connectivity index (χ0v) is 13.1. The van der Waals surface area contributed by atoms with Gasteiger partial charge in [0, 0.05) is 22.2 Å². The quantitative estimate of drug-likeness (QED) is 0.601. The summed E-state index contributed by atoms with van der Waals surface area (Å²) in [5.41, 5.74) is 0.732. The third kappa shape index (κ3) is 6.10. The van der Waals surface area contributed by atoms with Crippen LogP contribution in [0.15, 0.2) is 59.5 Å². The smallest absolute Gasteiger partial charge is 0.319 e. The summed E-state index contributed by atoms with van der Waals surface area (Å²) in [5.74, 6) is 0.977. The lowest BCUT2D eigenvalue weighted by molar-refractivity contribution is 0.252. The molecular formula is C16H17ClN2OS. The molecule has 0 unspecified atom stereocenters. The molecule has 5 heteroatoms. The van der Waals surface area contributed by atoms with E-state index in [-0.39, 0.29) is 6.03 Å². The SMILES string of the molecule is O=C(NCCCSc1ccccc1)Nc1ccc(Cl)cc1. The van der Waals surface area contributed by atoms with Gasteiger partial charge in [-0.2, -0.15) is 0 Å². The molecule has 0 saturated heterocycles. The fraction of sp³-hybridized carbons (Fsp3) is 0.188. The number of rotatable bonds is 6. The molecule has 0 fully saturated rings. The average Bonchev–Trinajstić information content (AvgIpc) is 2.50. The number of carbonyl (C=O) groups excluding carboxylic acids is 1. The van der Waals surface area contributed by atoms with Crippen LogP contribution in [0.25, 0.3) is 0 Å². The lowest BCUT2D eigenvalue weighted by Crippen LogP contribution is -2.29. The summed E-state index contributed by atoms with van der Waals surface area (Å²) in [6.45, 7) is 0.652. The molecule has 110 valence electrons. The lowest BCUT2D eigenvalue weighted by atomic mass is 10.3. The number of amides is 2. The van der Waals surface area contributed by atoms with Crippen molar-refractivity contribution in [3.63, 3.8) is 0 Å². The number of thioether (sulfide) groups is 1. The Morgan fingerprint density at radius 2 is 1.76 bits per heavy atom. The largest absolute Gasteiger partial charge is 0.338 e. The van der Waals surface area contributed by atoms with Gasteiger partial charge in [0.15, 0.2) is 0 Å². The van der Waals surface area contributed by atoms with Crippen LogP contribution in [0.3, 0.4) is 0 Å². The van der Waals surface area contributed by atoms with E-state index in [1.807, 2.05) is 18.2 Å². The van der Waals surface area contributed by atoms with Crippen LogP contribution in [0.5, 0.6) is 0 Å². The van der Waals surface area contributed by atoms with E-state index in [2.05, 4.69) is 22.8 Å². The highest BCUT2D eigenvalue weighted by Crippen LogP contribution is 2.17. The van der Waals surface area contributed by atoms with Crippen molar-refractivity contribution in [1.82, 2.24) is 5.32 Å². The Labute approximate surface area is 134 Å². The van der Waals surface area contributed by atoms with Gasteiger partial charge in [-0.1, -0.05) is 29.8 Å². The highest BCUT2D eigenvalue weighted by molar-refractivity contribution is 7.99. The van der Waals surface area contributed by atoms with Gasteiger partial charge in [-0.05, 0) is 48.6 Å². The van der Waals surface area contributed by atoms with Gasteiger partial charge in [0.1, 0.15) is 0 Å². The molecule has 2 amide bonds. The Bertz CT molecular complexity index is 560. The second-order valence-corrected chi connectivity index (χ2v) is 6.01. The first-order valence-corrected chi connectivity index (χ1v) is 8.09. The Balaban J connectivity index is 1.60. The van der Waals surface area contributed by atoms with Crippen molar-refractivity contribution < 1.29 is 4.79 Å². The summed E-state index contributed by atoms with van der Waals surface area (Å²) in [5, 5.41) is 6.25. The topological polar surface area (TPSA) is 41.1 Å². The zero-order chi connectivity index (χ0) is 14.9. The van der Waals surface area contributed by atoms with Gasteiger partial charge >= 0.3 is 6.03 Å². The van der Waals surface area contributed by atoms with E-state index in [9.17, 15) is 4.79 Å². The minimum absolute atomic E-state index is 0.193. The maximum atomic E-state index is 11.7. The van der Waals surface area contributed by atoms with Gasteiger partial charge in [-0.25, -0.2) is 4.79 Å². The van der Waals surface area contributed by atoms with E-state index in [4.69, 9.17) is 11.6 Å². The molecule has 2 N–H and O–H groups in total. The van der Waals surface area contributed by atoms with Crippen molar-refractivity contribution in [2.24, 2.45) is 0 Å². The third-order valence-corrected chi connectivity index (χ3v) is 4.07. The van der Waals surface area contributed by atoms with E-state index in [1.165, 1.54) is 4.90 Å². The highest BCUT2D eigenvalue weighted by Gasteiger charge is 2.01. The molecule has 0 aliphatic carbocycles. The fourth-order valence-electron chi connectivity index (χ4n) is 1.69. The number of benzene rings is 2. The summed E-state index contributed by atoms with van der Waals surface area (Å²) in [6.07, 6.45) is 0.924. The van der Waals surface area contributed by atoms with E-state index < -0.39 is 0 Å². The van der Waals surface area contributed by atoms with E-state index in [0.29, 0.717) is 11.6 Å². The van der Waals surface area contributed by atoms with Crippen LogP contribution in [0.4, 0.5) is 10.5 Å². The summed E-state index contributed by atoms with van der Waals surface area (Å²) in [4.78, 5) is 12.9. The molecule has 0 saturated carbocycles. The maximum Gasteiger partial charge on any atom is 0.319 e.